The summed E-state index contributed by atoms with van der Waals surface area (Å²) in [5.41, 5.74) is 1.24. The summed E-state index contributed by atoms with van der Waals surface area (Å²) in [6.45, 7) is 3.60. The zero-order valence-corrected chi connectivity index (χ0v) is 14.3. The molecule has 0 saturated heterocycles. The molecule has 0 aliphatic heterocycles. The number of thiazole rings is 2. The van der Waals surface area contributed by atoms with Gasteiger partial charge < -0.3 is 10.1 Å². The van der Waals surface area contributed by atoms with Crippen molar-refractivity contribution < 1.29 is 13.9 Å². The first-order valence-corrected chi connectivity index (χ1v) is 8.45. The summed E-state index contributed by atoms with van der Waals surface area (Å²) in [5, 5.41) is 8.89. The Bertz CT molecular complexity index is 880. The number of amides is 1. The molecule has 3 aromatic heterocycles. The highest BCUT2D eigenvalue weighted by atomic mass is 32.1. The van der Waals surface area contributed by atoms with Gasteiger partial charge in [-0.2, -0.15) is 0 Å². The molecule has 3 aromatic rings. The number of ether oxygens (including phenoxy) is 1. The Labute approximate surface area is 144 Å². The van der Waals surface area contributed by atoms with E-state index in [9.17, 15) is 9.18 Å². The lowest BCUT2D eigenvalue weighted by molar-refractivity contribution is 0.214. The van der Waals surface area contributed by atoms with Gasteiger partial charge in [-0.05, 0) is 13.8 Å². The van der Waals surface area contributed by atoms with Gasteiger partial charge in [-0.3, -0.25) is 10.3 Å². The van der Waals surface area contributed by atoms with E-state index in [1.54, 1.807) is 6.92 Å². The van der Waals surface area contributed by atoms with Crippen LogP contribution >= 0.6 is 22.7 Å². The van der Waals surface area contributed by atoms with E-state index in [-0.39, 0.29) is 5.88 Å². The third-order valence-electron chi connectivity index (χ3n) is 2.68. The van der Waals surface area contributed by atoms with Crippen molar-refractivity contribution >= 4 is 44.6 Å². The van der Waals surface area contributed by atoms with Crippen molar-refractivity contribution in [2.24, 2.45) is 0 Å². The number of aryl methyl sites for hydroxylation is 2. The molecule has 0 spiro atoms. The van der Waals surface area contributed by atoms with Gasteiger partial charge in [0.25, 0.3) is 5.88 Å². The topological polar surface area (TPSA) is 89.0 Å². The fraction of sp³-hybridized carbons (Fsp3) is 0.143. The van der Waals surface area contributed by atoms with Crippen molar-refractivity contribution in [2.75, 3.05) is 10.6 Å². The quantitative estimate of drug-likeness (QED) is 0.723. The highest BCUT2D eigenvalue weighted by Crippen LogP contribution is 2.33. The SMILES string of the molecule is Cc1csc(NC(=O)Oc2nc(C)sc2Nc2cncc(F)c2)n1. The number of halogens is 1. The Balaban J connectivity index is 1.72. The number of carbonyl (C=O) groups is 1. The number of hydrogen-bond acceptors (Lipinski definition) is 8. The van der Waals surface area contributed by atoms with Gasteiger partial charge in [-0.15, -0.1) is 11.3 Å². The molecule has 0 bridgehead atoms. The van der Waals surface area contributed by atoms with E-state index < -0.39 is 11.9 Å². The van der Waals surface area contributed by atoms with Crippen LogP contribution in [0.2, 0.25) is 0 Å². The predicted octanol–water partition coefficient (Wildman–Crippen LogP) is 4.11. The number of hydrogen-bond donors (Lipinski definition) is 2. The van der Waals surface area contributed by atoms with Gasteiger partial charge >= 0.3 is 6.09 Å². The highest BCUT2D eigenvalue weighted by molar-refractivity contribution is 7.16. The number of anilines is 3. The van der Waals surface area contributed by atoms with Crippen molar-refractivity contribution in [3.63, 3.8) is 0 Å². The van der Waals surface area contributed by atoms with Crippen LogP contribution in [0.25, 0.3) is 0 Å². The minimum absolute atomic E-state index is 0.104. The van der Waals surface area contributed by atoms with Crippen LogP contribution in [-0.4, -0.2) is 21.0 Å². The Morgan fingerprint density at radius 2 is 2.12 bits per heavy atom. The van der Waals surface area contributed by atoms with E-state index >= 15 is 0 Å². The number of pyridine rings is 1. The Morgan fingerprint density at radius 1 is 1.29 bits per heavy atom. The molecule has 3 rings (SSSR count). The molecule has 3 heterocycles. The lowest BCUT2D eigenvalue weighted by Crippen LogP contribution is -2.17. The largest absolute Gasteiger partial charge is 0.420 e. The summed E-state index contributed by atoms with van der Waals surface area (Å²) in [5.74, 6) is -0.367. The van der Waals surface area contributed by atoms with Crippen LogP contribution in [0.15, 0.2) is 23.8 Å². The molecule has 24 heavy (non-hydrogen) atoms. The maximum absolute atomic E-state index is 13.2. The van der Waals surface area contributed by atoms with Crippen molar-refractivity contribution in [1.29, 1.82) is 0 Å². The maximum Gasteiger partial charge on any atom is 0.420 e. The van der Waals surface area contributed by atoms with Gasteiger partial charge in [0.15, 0.2) is 10.1 Å². The summed E-state index contributed by atoms with van der Waals surface area (Å²) in [7, 11) is 0. The van der Waals surface area contributed by atoms with Gasteiger partial charge in [0.2, 0.25) is 0 Å². The van der Waals surface area contributed by atoms with E-state index in [4.69, 9.17) is 4.74 Å². The van der Waals surface area contributed by atoms with E-state index in [0.29, 0.717) is 20.8 Å². The molecule has 2 N–H and O–H groups in total. The highest BCUT2D eigenvalue weighted by Gasteiger charge is 2.16. The average molecular weight is 365 g/mol. The van der Waals surface area contributed by atoms with Crippen LogP contribution in [-0.2, 0) is 0 Å². The third-order valence-corrected chi connectivity index (χ3v) is 4.43. The molecule has 1 amide bonds. The number of nitrogens with zero attached hydrogens (tertiary/aromatic N) is 3. The summed E-state index contributed by atoms with van der Waals surface area (Å²) < 4.78 is 18.4. The second-order valence-corrected chi connectivity index (χ2v) is 6.75. The molecule has 0 radical (unpaired) electrons. The Morgan fingerprint density at radius 3 is 2.83 bits per heavy atom. The second-order valence-electron chi connectivity index (χ2n) is 4.69. The van der Waals surface area contributed by atoms with Crippen LogP contribution in [0, 0.1) is 19.7 Å². The summed E-state index contributed by atoms with van der Waals surface area (Å²) in [6.07, 6.45) is 1.86. The van der Waals surface area contributed by atoms with Crippen LogP contribution < -0.4 is 15.4 Å². The van der Waals surface area contributed by atoms with Crippen LogP contribution in [0.3, 0.4) is 0 Å². The van der Waals surface area contributed by atoms with Crippen molar-refractivity contribution in [2.45, 2.75) is 13.8 Å². The predicted molar refractivity (Wildman–Crippen MR) is 90.8 cm³/mol. The standard InChI is InChI=1S/C14H12FN5O2S2/c1-7-6-23-13(17-7)20-14(21)22-11-12(24-8(2)18-11)19-10-3-9(15)4-16-5-10/h3-6,19H,1-2H3,(H,17,20,21). The number of aromatic nitrogens is 3. The normalized spacial score (nSPS) is 10.5. The minimum Gasteiger partial charge on any atom is -0.388 e. The third kappa shape index (κ3) is 4.03. The fourth-order valence-electron chi connectivity index (χ4n) is 1.78. The molecular formula is C14H12FN5O2S2. The van der Waals surface area contributed by atoms with E-state index in [0.717, 1.165) is 11.9 Å². The first-order chi connectivity index (χ1) is 11.5. The Kier molecular flexibility index (Phi) is 4.67. The molecular weight excluding hydrogens is 353 g/mol. The van der Waals surface area contributed by atoms with Crippen molar-refractivity contribution in [3.05, 3.63) is 40.4 Å². The van der Waals surface area contributed by atoms with E-state index in [1.807, 2.05) is 12.3 Å². The summed E-state index contributed by atoms with van der Waals surface area (Å²) in [4.78, 5) is 24.0. The zero-order chi connectivity index (χ0) is 17.1. The summed E-state index contributed by atoms with van der Waals surface area (Å²) in [6, 6.07) is 1.28. The molecule has 0 unspecified atom stereocenters. The van der Waals surface area contributed by atoms with Crippen molar-refractivity contribution in [3.8, 4) is 5.88 Å². The van der Waals surface area contributed by atoms with Crippen LogP contribution in [0.4, 0.5) is 25.0 Å². The molecule has 0 atom stereocenters. The van der Waals surface area contributed by atoms with Gasteiger partial charge in [0, 0.05) is 11.4 Å². The molecule has 10 heteroatoms. The van der Waals surface area contributed by atoms with Gasteiger partial charge in [0.05, 0.1) is 28.8 Å². The second kappa shape index (κ2) is 6.89. The lowest BCUT2D eigenvalue weighted by atomic mass is 10.4. The fourth-order valence-corrected chi connectivity index (χ4v) is 3.22. The smallest absolute Gasteiger partial charge is 0.388 e. The van der Waals surface area contributed by atoms with Gasteiger partial charge in [-0.25, -0.2) is 19.2 Å². The van der Waals surface area contributed by atoms with Crippen LogP contribution in [0.5, 0.6) is 5.88 Å². The van der Waals surface area contributed by atoms with Crippen molar-refractivity contribution in [1.82, 2.24) is 15.0 Å². The zero-order valence-electron chi connectivity index (χ0n) is 12.7. The summed E-state index contributed by atoms with van der Waals surface area (Å²) >= 11 is 2.57. The number of nitrogens with one attached hydrogen (secondary N) is 2. The van der Waals surface area contributed by atoms with Gasteiger partial charge in [-0.1, -0.05) is 11.3 Å². The molecule has 7 nitrogen and oxygen atoms in total. The molecule has 0 saturated carbocycles. The first-order valence-electron chi connectivity index (χ1n) is 6.75. The van der Waals surface area contributed by atoms with E-state index in [2.05, 4.69) is 25.6 Å². The average Bonchev–Trinajstić information content (AvgIpc) is 3.05. The molecule has 0 fully saturated rings. The monoisotopic (exact) mass is 365 g/mol. The number of carbonyl (C=O) groups excluding carboxylic acids is 1. The molecule has 0 aliphatic carbocycles. The first kappa shape index (κ1) is 16.3. The number of rotatable bonds is 4. The van der Waals surface area contributed by atoms with Gasteiger partial charge in [0.1, 0.15) is 5.82 Å². The molecule has 124 valence electrons. The molecule has 0 aliphatic rings. The lowest BCUT2D eigenvalue weighted by Gasteiger charge is -2.06. The van der Waals surface area contributed by atoms with Crippen LogP contribution in [0.1, 0.15) is 10.7 Å². The maximum atomic E-state index is 13.2. The van der Waals surface area contributed by atoms with E-state index in [1.165, 1.54) is 34.9 Å². The minimum atomic E-state index is -0.699. The Hall–Kier alpha value is -2.59. The molecule has 0 aromatic carbocycles.